The topological polar surface area (TPSA) is 126 Å². The minimum absolute atomic E-state index is 0.0301. The third kappa shape index (κ3) is 5.11. The molecule has 1 aromatic heterocycles. The number of nitrogens with zero attached hydrogens (tertiary/aromatic N) is 2. The molecule has 1 atom stereocenters. The number of carboxylic acid groups (broad SMARTS) is 1. The minimum Gasteiger partial charge on any atom is -0.480 e. The van der Waals surface area contributed by atoms with Crippen molar-refractivity contribution in [2.24, 2.45) is 5.92 Å². The van der Waals surface area contributed by atoms with Gasteiger partial charge in [0.05, 0.1) is 0 Å². The van der Waals surface area contributed by atoms with Crippen LogP contribution in [0.4, 0.5) is 0 Å². The summed E-state index contributed by atoms with van der Waals surface area (Å²) in [5.74, 6) is -3.02. The summed E-state index contributed by atoms with van der Waals surface area (Å²) in [6.45, 7) is -0.283. The summed E-state index contributed by atoms with van der Waals surface area (Å²) in [5, 5.41) is 10.8. The predicted molar refractivity (Wildman–Crippen MR) is 112 cm³/mol. The van der Waals surface area contributed by atoms with E-state index < -0.39 is 36.0 Å². The summed E-state index contributed by atoms with van der Waals surface area (Å²) in [6.07, 6.45) is 4.09. The molecule has 32 heavy (non-hydrogen) atoms. The Labute approximate surface area is 184 Å². The molecule has 2 aromatic rings. The number of rotatable bonds is 8. The molecular formula is C23H23N3O6. The van der Waals surface area contributed by atoms with Crippen molar-refractivity contribution in [3.63, 3.8) is 0 Å². The second-order valence-corrected chi connectivity index (χ2v) is 7.97. The van der Waals surface area contributed by atoms with Crippen molar-refractivity contribution in [1.82, 2.24) is 15.2 Å². The highest BCUT2D eigenvalue weighted by molar-refractivity contribution is 6.19. The lowest BCUT2D eigenvalue weighted by Gasteiger charge is -2.30. The molecule has 166 valence electrons. The maximum absolute atomic E-state index is 12.7. The number of carbonyl (C=O) groups excluding carboxylic acids is 3. The van der Waals surface area contributed by atoms with Gasteiger partial charge >= 0.3 is 5.97 Å². The highest BCUT2D eigenvalue weighted by atomic mass is 16.5. The molecule has 2 fully saturated rings. The van der Waals surface area contributed by atoms with Gasteiger partial charge in [-0.25, -0.2) is 4.98 Å². The number of aliphatic carboxylic acids is 1. The summed E-state index contributed by atoms with van der Waals surface area (Å²) in [6, 6.07) is 11.4. The van der Waals surface area contributed by atoms with Crippen LogP contribution >= 0.6 is 0 Å². The Hall–Kier alpha value is -3.75. The molecule has 2 aliphatic rings. The largest absolute Gasteiger partial charge is 0.480 e. The second kappa shape index (κ2) is 9.17. The molecule has 9 nitrogen and oxygen atoms in total. The van der Waals surface area contributed by atoms with Crippen molar-refractivity contribution in [1.29, 1.82) is 0 Å². The van der Waals surface area contributed by atoms with Crippen molar-refractivity contribution >= 4 is 23.6 Å². The molecule has 1 unspecified atom stereocenters. The van der Waals surface area contributed by atoms with Gasteiger partial charge in [0, 0.05) is 31.8 Å². The number of nitrogens with one attached hydrogen (secondary N) is 1. The summed E-state index contributed by atoms with van der Waals surface area (Å²) < 4.78 is 5.77. The number of benzene rings is 1. The van der Waals surface area contributed by atoms with Crippen LogP contribution in [0.25, 0.3) is 0 Å². The number of hydrogen-bond donors (Lipinski definition) is 2. The van der Waals surface area contributed by atoms with E-state index in [2.05, 4.69) is 22.4 Å². The zero-order valence-corrected chi connectivity index (χ0v) is 17.3. The molecule has 2 N–H and O–H groups in total. The van der Waals surface area contributed by atoms with Crippen LogP contribution in [0.15, 0.2) is 42.6 Å². The van der Waals surface area contributed by atoms with E-state index in [1.807, 2.05) is 12.1 Å². The first-order valence-electron chi connectivity index (χ1n) is 10.4. The third-order valence-electron chi connectivity index (χ3n) is 5.51. The van der Waals surface area contributed by atoms with E-state index in [1.54, 1.807) is 18.3 Å². The van der Waals surface area contributed by atoms with Gasteiger partial charge in [-0.2, -0.15) is 0 Å². The summed E-state index contributed by atoms with van der Waals surface area (Å²) in [5.41, 5.74) is 2.04. The Kier molecular flexibility index (Phi) is 6.16. The average molecular weight is 437 g/mol. The molecule has 0 bridgehead atoms. The molecule has 2 heterocycles. The van der Waals surface area contributed by atoms with Crippen LogP contribution in [0.1, 0.15) is 36.3 Å². The fourth-order valence-corrected chi connectivity index (χ4v) is 3.63. The molecular weight excluding hydrogens is 414 g/mol. The number of pyridine rings is 1. The van der Waals surface area contributed by atoms with Gasteiger partial charge in [-0.15, -0.1) is 0 Å². The summed E-state index contributed by atoms with van der Waals surface area (Å²) >= 11 is 0. The van der Waals surface area contributed by atoms with E-state index in [1.165, 1.54) is 23.3 Å². The van der Waals surface area contributed by atoms with E-state index in [0.717, 1.165) is 0 Å². The van der Waals surface area contributed by atoms with Crippen molar-refractivity contribution in [3.05, 3.63) is 53.7 Å². The van der Waals surface area contributed by atoms with E-state index in [9.17, 15) is 19.2 Å². The van der Waals surface area contributed by atoms with Crippen LogP contribution in [0, 0.1) is 5.92 Å². The Morgan fingerprint density at radius 1 is 1.12 bits per heavy atom. The zero-order valence-electron chi connectivity index (χ0n) is 17.3. The van der Waals surface area contributed by atoms with Crippen LogP contribution < -0.4 is 10.1 Å². The fourth-order valence-electron chi connectivity index (χ4n) is 3.63. The fraction of sp³-hybridized carbons (Fsp3) is 0.348. The van der Waals surface area contributed by atoms with Gasteiger partial charge in [-0.05, 0) is 42.0 Å². The van der Waals surface area contributed by atoms with E-state index in [4.69, 9.17) is 9.84 Å². The van der Waals surface area contributed by atoms with Gasteiger partial charge in [0.15, 0.2) is 11.7 Å². The standard InChI is InChI=1S/C23H23N3O6/c27-18-9-10-26(23(31)21(18)22(30)25-12-20(28)29)13-14-1-8-19(24-11-14)32-17-6-4-16(5-7-17)15-2-3-15/h1,4-8,11,15,21H,2-3,9-10,12-13H2,(H,25,30)(H,28,29). The van der Waals surface area contributed by atoms with Crippen LogP contribution in [0.2, 0.25) is 0 Å². The number of aromatic nitrogens is 1. The molecule has 4 rings (SSSR count). The molecule has 0 spiro atoms. The number of ketones is 1. The Morgan fingerprint density at radius 3 is 2.50 bits per heavy atom. The first kappa shape index (κ1) is 21.5. The summed E-state index contributed by atoms with van der Waals surface area (Å²) in [4.78, 5) is 53.2. The van der Waals surface area contributed by atoms with Gasteiger partial charge in [-0.3, -0.25) is 19.2 Å². The first-order chi connectivity index (χ1) is 15.4. The van der Waals surface area contributed by atoms with Crippen molar-refractivity contribution in [3.8, 4) is 11.6 Å². The molecule has 0 radical (unpaired) electrons. The lowest BCUT2D eigenvalue weighted by Crippen LogP contribution is -2.52. The number of ether oxygens (including phenoxy) is 1. The van der Waals surface area contributed by atoms with Gasteiger partial charge in [-0.1, -0.05) is 18.2 Å². The van der Waals surface area contributed by atoms with Gasteiger partial charge in [0.25, 0.3) is 0 Å². The zero-order chi connectivity index (χ0) is 22.7. The number of hydrogen-bond acceptors (Lipinski definition) is 6. The molecule has 1 saturated carbocycles. The maximum Gasteiger partial charge on any atom is 0.322 e. The minimum atomic E-state index is -1.52. The number of carboxylic acids is 1. The number of piperidine rings is 1. The van der Waals surface area contributed by atoms with Gasteiger partial charge in [0.2, 0.25) is 17.7 Å². The molecule has 2 amide bonds. The molecule has 1 aliphatic heterocycles. The van der Waals surface area contributed by atoms with Crippen molar-refractivity contribution in [2.45, 2.75) is 31.7 Å². The van der Waals surface area contributed by atoms with E-state index >= 15 is 0 Å². The second-order valence-electron chi connectivity index (χ2n) is 7.97. The quantitative estimate of drug-likeness (QED) is 0.604. The number of amides is 2. The molecule has 1 aromatic carbocycles. The van der Waals surface area contributed by atoms with E-state index in [0.29, 0.717) is 23.1 Å². The van der Waals surface area contributed by atoms with Crippen LogP contribution in [-0.4, -0.2) is 51.6 Å². The van der Waals surface area contributed by atoms with E-state index in [-0.39, 0.29) is 19.5 Å². The lowest BCUT2D eigenvalue weighted by molar-refractivity contribution is -0.152. The smallest absolute Gasteiger partial charge is 0.322 e. The van der Waals surface area contributed by atoms with Crippen LogP contribution in [-0.2, 0) is 25.7 Å². The van der Waals surface area contributed by atoms with Gasteiger partial charge < -0.3 is 20.1 Å². The normalized spacial score (nSPS) is 18.4. The highest BCUT2D eigenvalue weighted by Crippen LogP contribution is 2.40. The Morgan fingerprint density at radius 2 is 1.88 bits per heavy atom. The highest BCUT2D eigenvalue weighted by Gasteiger charge is 2.40. The third-order valence-corrected chi connectivity index (χ3v) is 5.51. The molecule has 1 saturated heterocycles. The van der Waals surface area contributed by atoms with Crippen molar-refractivity contribution in [2.75, 3.05) is 13.1 Å². The lowest BCUT2D eigenvalue weighted by atomic mass is 9.94. The monoisotopic (exact) mass is 437 g/mol. The summed E-state index contributed by atoms with van der Waals surface area (Å²) in [7, 11) is 0. The predicted octanol–water partition coefficient (Wildman–Crippen LogP) is 1.87. The van der Waals surface area contributed by atoms with Gasteiger partial charge in [0.1, 0.15) is 12.3 Å². The number of Topliss-reactive ketones (excluding diaryl/α,β-unsaturated/α-hetero) is 1. The SMILES string of the molecule is O=C(O)CNC(=O)C1C(=O)CCN(Cc2ccc(Oc3ccc(C4CC4)cc3)nc2)C1=O. The average Bonchev–Trinajstić information content (AvgIpc) is 3.62. The van der Waals surface area contributed by atoms with Crippen LogP contribution in [0.3, 0.4) is 0 Å². The number of likely N-dealkylation sites (tertiary alicyclic amines) is 1. The molecule has 1 aliphatic carbocycles. The number of carbonyl (C=O) groups is 4. The Bertz CT molecular complexity index is 1030. The first-order valence-corrected chi connectivity index (χ1v) is 10.4. The van der Waals surface area contributed by atoms with Crippen molar-refractivity contribution < 1.29 is 29.0 Å². The maximum atomic E-state index is 12.7. The molecule has 9 heteroatoms. The Balaban J connectivity index is 1.35. The van der Waals surface area contributed by atoms with Crippen LogP contribution in [0.5, 0.6) is 11.6 Å².